The Labute approximate surface area is 162 Å². The minimum absolute atomic E-state index is 0.0251. The number of carbonyl (C=O) groups excluding carboxylic acids is 2. The van der Waals surface area contributed by atoms with Crippen LogP contribution in [-0.4, -0.2) is 49.8 Å². The van der Waals surface area contributed by atoms with Gasteiger partial charge in [0.25, 0.3) is 5.91 Å². The van der Waals surface area contributed by atoms with E-state index >= 15 is 0 Å². The Morgan fingerprint density at radius 2 is 1.93 bits per heavy atom. The normalized spacial score (nSPS) is 12.5. The first-order chi connectivity index (χ1) is 12.6. The highest BCUT2D eigenvalue weighted by molar-refractivity contribution is 7.89. The molecule has 0 saturated heterocycles. The molecular weight excluding hydrogens is 394 g/mol. The van der Waals surface area contributed by atoms with Crippen LogP contribution in [0.4, 0.5) is 5.69 Å². The van der Waals surface area contributed by atoms with E-state index < -0.39 is 28.0 Å². The molecule has 1 aromatic heterocycles. The molecule has 1 N–H and O–H groups in total. The van der Waals surface area contributed by atoms with Crippen molar-refractivity contribution in [3.8, 4) is 0 Å². The van der Waals surface area contributed by atoms with Gasteiger partial charge in [-0.05, 0) is 37.3 Å². The Morgan fingerprint density at radius 1 is 1.22 bits per heavy atom. The first-order valence-electron chi connectivity index (χ1n) is 7.78. The van der Waals surface area contributed by atoms with Crippen LogP contribution in [0.15, 0.2) is 47.5 Å². The monoisotopic (exact) mass is 411 g/mol. The summed E-state index contributed by atoms with van der Waals surface area (Å²) >= 11 is 5.82. The maximum atomic E-state index is 12.3. The number of benzene rings is 1. The third-order valence-electron chi connectivity index (χ3n) is 3.51. The number of ether oxygens (including phenoxy) is 1. The molecule has 0 aliphatic carbocycles. The van der Waals surface area contributed by atoms with Crippen LogP contribution < -0.4 is 5.32 Å². The number of pyridine rings is 1. The number of aromatic nitrogens is 1. The average Bonchev–Trinajstić information content (AvgIpc) is 2.62. The molecule has 2 aromatic rings. The van der Waals surface area contributed by atoms with Crippen LogP contribution in [0.5, 0.6) is 0 Å². The van der Waals surface area contributed by atoms with E-state index in [0.717, 1.165) is 4.31 Å². The molecule has 0 spiro atoms. The zero-order valence-corrected chi connectivity index (χ0v) is 16.4. The van der Waals surface area contributed by atoms with E-state index in [0.29, 0.717) is 0 Å². The highest BCUT2D eigenvalue weighted by Gasteiger charge is 2.22. The number of hydrogen-bond donors (Lipinski definition) is 1. The lowest BCUT2D eigenvalue weighted by molar-refractivity contribution is -0.123. The first-order valence-corrected chi connectivity index (χ1v) is 9.59. The van der Waals surface area contributed by atoms with Gasteiger partial charge >= 0.3 is 5.97 Å². The van der Waals surface area contributed by atoms with Crippen LogP contribution in [0.1, 0.15) is 17.3 Å². The van der Waals surface area contributed by atoms with E-state index in [2.05, 4.69) is 10.3 Å². The number of hydrogen-bond acceptors (Lipinski definition) is 6. The molecule has 0 aliphatic rings. The smallest absolute Gasteiger partial charge is 0.342 e. The molecule has 1 aromatic carbocycles. The van der Waals surface area contributed by atoms with E-state index in [4.69, 9.17) is 16.3 Å². The second-order valence-electron chi connectivity index (χ2n) is 5.69. The summed E-state index contributed by atoms with van der Waals surface area (Å²) in [4.78, 5) is 28.1. The molecule has 0 fully saturated rings. The molecule has 27 heavy (non-hydrogen) atoms. The van der Waals surface area contributed by atoms with Crippen molar-refractivity contribution in [3.05, 3.63) is 53.3 Å². The molecule has 0 saturated carbocycles. The standard InChI is InChI=1S/C17H18ClN3O5S/c1-11(26-17(23)14-8-5-9-19-15(14)18)16(22)20-12-6-4-7-13(10-12)27(24,25)21(2)3/h4-11H,1-3H3,(H,20,22)/t11-/m0/s1. The number of sulfonamides is 1. The van der Waals surface area contributed by atoms with Crippen LogP contribution in [0.25, 0.3) is 0 Å². The van der Waals surface area contributed by atoms with Crippen molar-refractivity contribution in [1.29, 1.82) is 0 Å². The van der Waals surface area contributed by atoms with E-state index in [1.54, 1.807) is 0 Å². The van der Waals surface area contributed by atoms with Crippen molar-refractivity contribution in [1.82, 2.24) is 9.29 Å². The van der Waals surface area contributed by atoms with E-state index in [-0.39, 0.29) is 21.3 Å². The van der Waals surface area contributed by atoms with Crippen LogP contribution in [-0.2, 0) is 19.6 Å². The highest BCUT2D eigenvalue weighted by Crippen LogP contribution is 2.19. The topological polar surface area (TPSA) is 106 Å². The number of carbonyl (C=O) groups is 2. The molecule has 2 rings (SSSR count). The van der Waals surface area contributed by atoms with Crippen molar-refractivity contribution in [2.24, 2.45) is 0 Å². The van der Waals surface area contributed by atoms with Gasteiger partial charge in [-0.1, -0.05) is 17.7 Å². The van der Waals surface area contributed by atoms with Crippen LogP contribution >= 0.6 is 11.6 Å². The Bertz CT molecular complexity index is 963. The second kappa shape index (κ2) is 8.47. The molecular formula is C17H18ClN3O5S. The summed E-state index contributed by atoms with van der Waals surface area (Å²) in [5.41, 5.74) is 0.295. The largest absolute Gasteiger partial charge is 0.449 e. The van der Waals surface area contributed by atoms with Gasteiger partial charge in [-0.2, -0.15) is 0 Å². The van der Waals surface area contributed by atoms with Gasteiger partial charge in [0, 0.05) is 26.0 Å². The minimum atomic E-state index is -3.64. The van der Waals surface area contributed by atoms with E-state index in [1.807, 2.05) is 0 Å². The predicted molar refractivity (Wildman–Crippen MR) is 100 cm³/mol. The molecule has 0 unspecified atom stereocenters. The van der Waals surface area contributed by atoms with Gasteiger partial charge in [-0.25, -0.2) is 22.5 Å². The lowest BCUT2D eigenvalue weighted by atomic mass is 10.2. The summed E-state index contributed by atoms with van der Waals surface area (Å²) in [7, 11) is -0.823. The summed E-state index contributed by atoms with van der Waals surface area (Å²) in [6, 6.07) is 8.71. The molecule has 0 bridgehead atoms. The number of esters is 1. The molecule has 1 atom stereocenters. The van der Waals surface area contributed by atoms with Crippen LogP contribution in [0.2, 0.25) is 5.15 Å². The summed E-state index contributed by atoms with van der Waals surface area (Å²) in [6.07, 6.45) is 0.284. The molecule has 10 heteroatoms. The molecule has 1 amide bonds. The third kappa shape index (κ3) is 5.03. The predicted octanol–water partition coefficient (Wildman–Crippen LogP) is 2.17. The molecule has 144 valence electrons. The minimum Gasteiger partial charge on any atom is -0.449 e. The zero-order valence-electron chi connectivity index (χ0n) is 14.8. The SMILES string of the molecule is C[C@H](OC(=O)c1cccnc1Cl)C(=O)Nc1cccc(S(=O)(=O)N(C)C)c1. The fourth-order valence-corrected chi connectivity index (χ4v) is 3.15. The lowest BCUT2D eigenvalue weighted by Gasteiger charge is -2.15. The number of anilines is 1. The van der Waals surface area contributed by atoms with Gasteiger partial charge < -0.3 is 10.1 Å². The Balaban J connectivity index is 2.09. The Hall–Kier alpha value is -2.49. The quantitative estimate of drug-likeness (QED) is 0.576. The molecule has 8 nitrogen and oxygen atoms in total. The molecule has 1 heterocycles. The number of amides is 1. The van der Waals surface area contributed by atoms with Crippen molar-refractivity contribution in [2.75, 3.05) is 19.4 Å². The van der Waals surface area contributed by atoms with Crippen molar-refractivity contribution < 1.29 is 22.7 Å². The number of nitrogens with one attached hydrogen (secondary N) is 1. The molecule has 0 aliphatic heterocycles. The first kappa shape index (κ1) is 20.8. The van der Waals surface area contributed by atoms with Crippen molar-refractivity contribution in [2.45, 2.75) is 17.9 Å². The Morgan fingerprint density at radius 3 is 2.56 bits per heavy atom. The summed E-state index contributed by atoms with van der Waals surface area (Å²) in [5, 5.41) is 2.49. The van der Waals surface area contributed by atoms with E-state index in [1.165, 1.54) is 63.6 Å². The fourth-order valence-electron chi connectivity index (χ4n) is 2.00. The van der Waals surface area contributed by atoms with Crippen LogP contribution in [0, 0.1) is 0 Å². The summed E-state index contributed by atoms with van der Waals surface area (Å²) in [5.74, 6) is -1.41. The van der Waals surface area contributed by atoms with E-state index in [9.17, 15) is 18.0 Å². The molecule has 0 radical (unpaired) electrons. The number of nitrogens with zero attached hydrogens (tertiary/aromatic N) is 2. The second-order valence-corrected chi connectivity index (χ2v) is 8.20. The van der Waals surface area contributed by atoms with Gasteiger partial charge in [-0.3, -0.25) is 4.79 Å². The maximum Gasteiger partial charge on any atom is 0.342 e. The van der Waals surface area contributed by atoms with Gasteiger partial charge in [-0.15, -0.1) is 0 Å². The average molecular weight is 412 g/mol. The highest BCUT2D eigenvalue weighted by atomic mass is 35.5. The lowest BCUT2D eigenvalue weighted by Crippen LogP contribution is -2.30. The van der Waals surface area contributed by atoms with Gasteiger partial charge in [0.05, 0.1) is 10.5 Å². The zero-order chi connectivity index (χ0) is 20.2. The van der Waals surface area contributed by atoms with Crippen molar-refractivity contribution in [3.63, 3.8) is 0 Å². The van der Waals surface area contributed by atoms with Crippen molar-refractivity contribution >= 4 is 39.2 Å². The van der Waals surface area contributed by atoms with Crippen LogP contribution in [0.3, 0.4) is 0 Å². The van der Waals surface area contributed by atoms with Gasteiger partial charge in [0.2, 0.25) is 10.0 Å². The summed E-state index contributed by atoms with van der Waals surface area (Å²) in [6.45, 7) is 1.39. The number of halogens is 1. The summed E-state index contributed by atoms with van der Waals surface area (Å²) < 4.78 is 30.5. The van der Waals surface area contributed by atoms with Gasteiger partial charge in [0.1, 0.15) is 5.15 Å². The third-order valence-corrected chi connectivity index (χ3v) is 5.62. The number of rotatable bonds is 6. The maximum absolute atomic E-state index is 12.3. The Kier molecular flexibility index (Phi) is 6.53. The van der Waals surface area contributed by atoms with Gasteiger partial charge in [0.15, 0.2) is 6.10 Å². The fraction of sp³-hybridized carbons (Fsp3) is 0.235.